The number of rotatable bonds is 5. The molecular weight excluding hydrogens is 314 g/mol. The smallest absolute Gasteiger partial charge is 0.349 e. The minimum atomic E-state index is -0.350. The van der Waals surface area contributed by atoms with Gasteiger partial charge in [-0.05, 0) is 5.92 Å². The van der Waals surface area contributed by atoms with Crippen LogP contribution >= 0.6 is 11.3 Å². The van der Waals surface area contributed by atoms with E-state index in [-0.39, 0.29) is 5.97 Å². The lowest BCUT2D eigenvalue weighted by Gasteiger charge is -2.12. The molecule has 0 aliphatic carbocycles. The molecule has 3 aromatic heterocycles. The number of aromatic nitrogens is 4. The van der Waals surface area contributed by atoms with E-state index >= 15 is 0 Å². The molecule has 1 N–H and O–H groups in total. The quantitative estimate of drug-likeness (QED) is 0.724. The first-order valence-electron chi connectivity index (χ1n) is 7.18. The zero-order valence-electron chi connectivity index (χ0n) is 13.1. The van der Waals surface area contributed by atoms with Crippen molar-refractivity contribution in [2.75, 3.05) is 12.4 Å². The van der Waals surface area contributed by atoms with Gasteiger partial charge in [-0.15, -0.1) is 0 Å². The minimum Gasteiger partial charge on any atom is -0.465 e. The number of carbonyl (C=O) groups excluding carboxylic acids is 1. The zero-order chi connectivity index (χ0) is 16.4. The van der Waals surface area contributed by atoms with Crippen LogP contribution in [-0.4, -0.2) is 32.4 Å². The maximum Gasteiger partial charge on any atom is 0.349 e. The van der Waals surface area contributed by atoms with E-state index in [9.17, 15) is 4.79 Å². The third-order valence-electron chi connectivity index (χ3n) is 3.47. The highest BCUT2D eigenvalue weighted by Crippen LogP contribution is 2.23. The first kappa shape index (κ1) is 15.4. The largest absolute Gasteiger partial charge is 0.465 e. The monoisotopic (exact) mass is 331 g/mol. The van der Waals surface area contributed by atoms with Crippen LogP contribution in [0.25, 0.3) is 4.96 Å². The van der Waals surface area contributed by atoms with E-state index in [0.717, 1.165) is 22.0 Å². The summed E-state index contributed by atoms with van der Waals surface area (Å²) in [4.78, 5) is 25.6. The van der Waals surface area contributed by atoms with Gasteiger partial charge in [0.15, 0.2) is 4.96 Å². The molecule has 7 nitrogen and oxygen atoms in total. The number of hydrogen-bond donors (Lipinski definition) is 1. The standard InChI is InChI=1S/C15H17N5O2S/c1-9(2)11-6-16-8-19-13(11)17-4-10-5-18-15-20(10)7-12(23-15)14(21)22-3/h5-9H,4H2,1-3H3,(H,16,17,19). The molecule has 0 saturated heterocycles. The molecule has 0 saturated carbocycles. The molecule has 0 fully saturated rings. The van der Waals surface area contributed by atoms with Crippen LogP contribution in [0.2, 0.25) is 0 Å². The Morgan fingerprint density at radius 2 is 2.22 bits per heavy atom. The van der Waals surface area contributed by atoms with Crippen molar-refractivity contribution in [2.45, 2.75) is 26.3 Å². The Morgan fingerprint density at radius 3 is 2.96 bits per heavy atom. The number of fused-ring (bicyclic) bond motifs is 1. The van der Waals surface area contributed by atoms with E-state index in [1.807, 2.05) is 10.6 Å². The molecule has 120 valence electrons. The summed E-state index contributed by atoms with van der Waals surface area (Å²) in [5, 5.41) is 3.32. The Hall–Kier alpha value is -2.48. The Balaban J connectivity index is 1.82. The van der Waals surface area contributed by atoms with Gasteiger partial charge in [0, 0.05) is 18.0 Å². The predicted molar refractivity (Wildman–Crippen MR) is 87.9 cm³/mol. The Bertz CT molecular complexity index is 839. The highest BCUT2D eigenvalue weighted by Gasteiger charge is 2.14. The summed E-state index contributed by atoms with van der Waals surface area (Å²) >= 11 is 1.30. The van der Waals surface area contributed by atoms with Crippen LogP contribution in [0.1, 0.15) is 40.7 Å². The molecule has 0 radical (unpaired) electrons. The second kappa shape index (κ2) is 6.33. The summed E-state index contributed by atoms with van der Waals surface area (Å²) in [6.45, 7) is 4.75. The number of anilines is 1. The Labute approximate surface area is 137 Å². The summed E-state index contributed by atoms with van der Waals surface area (Å²) in [5.74, 6) is 0.793. The molecular formula is C15H17N5O2S. The lowest BCUT2D eigenvalue weighted by atomic mass is 10.1. The van der Waals surface area contributed by atoms with Crippen LogP contribution in [0.4, 0.5) is 5.82 Å². The van der Waals surface area contributed by atoms with Crippen LogP contribution < -0.4 is 5.32 Å². The fourth-order valence-corrected chi connectivity index (χ4v) is 3.14. The minimum absolute atomic E-state index is 0.330. The van der Waals surface area contributed by atoms with Crippen LogP contribution in [0.5, 0.6) is 0 Å². The number of imidazole rings is 1. The maximum absolute atomic E-state index is 11.6. The third-order valence-corrected chi connectivity index (χ3v) is 4.45. The number of nitrogens with zero attached hydrogens (tertiary/aromatic N) is 4. The Kier molecular flexibility index (Phi) is 4.24. The molecule has 0 spiro atoms. The van der Waals surface area contributed by atoms with Gasteiger partial charge < -0.3 is 10.1 Å². The molecule has 8 heteroatoms. The van der Waals surface area contributed by atoms with Crippen LogP contribution in [0.15, 0.2) is 24.9 Å². The summed E-state index contributed by atoms with van der Waals surface area (Å²) < 4.78 is 6.63. The molecule has 3 heterocycles. The molecule has 23 heavy (non-hydrogen) atoms. The molecule has 0 aliphatic heterocycles. The third kappa shape index (κ3) is 3.02. The van der Waals surface area contributed by atoms with Gasteiger partial charge >= 0.3 is 5.97 Å². The number of methoxy groups -OCH3 is 1. The first-order chi connectivity index (χ1) is 11.1. The van der Waals surface area contributed by atoms with Crippen molar-refractivity contribution in [1.29, 1.82) is 0 Å². The van der Waals surface area contributed by atoms with Crippen molar-refractivity contribution < 1.29 is 9.53 Å². The van der Waals surface area contributed by atoms with Gasteiger partial charge in [0.2, 0.25) is 0 Å². The number of hydrogen-bond acceptors (Lipinski definition) is 7. The van der Waals surface area contributed by atoms with Gasteiger partial charge in [-0.25, -0.2) is 19.7 Å². The highest BCUT2D eigenvalue weighted by molar-refractivity contribution is 7.18. The van der Waals surface area contributed by atoms with E-state index in [0.29, 0.717) is 17.3 Å². The average molecular weight is 331 g/mol. The molecule has 0 unspecified atom stereocenters. The summed E-state index contributed by atoms with van der Waals surface area (Å²) in [5.41, 5.74) is 2.01. The molecule has 0 amide bonds. The highest BCUT2D eigenvalue weighted by atomic mass is 32.1. The van der Waals surface area contributed by atoms with Crippen molar-refractivity contribution in [2.24, 2.45) is 0 Å². The van der Waals surface area contributed by atoms with E-state index in [1.54, 1.807) is 12.4 Å². The summed E-state index contributed by atoms with van der Waals surface area (Å²) in [6.07, 6.45) is 6.89. The topological polar surface area (TPSA) is 81.4 Å². The number of thiazole rings is 1. The molecule has 3 rings (SSSR count). The SMILES string of the molecule is COC(=O)c1cn2c(CNc3ncncc3C(C)C)cnc2s1. The number of nitrogens with one attached hydrogen (secondary N) is 1. The van der Waals surface area contributed by atoms with E-state index in [2.05, 4.69) is 34.1 Å². The normalized spacial score (nSPS) is 11.1. The van der Waals surface area contributed by atoms with E-state index in [4.69, 9.17) is 4.74 Å². The number of ether oxygens (including phenoxy) is 1. The van der Waals surface area contributed by atoms with Gasteiger partial charge in [0.1, 0.15) is 17.0 Å². The summed E-state index contributed by atoms with van der Waals surface area (Å²) in [7, 11) is 1.37. The maximum atomic E-state index is 11.6. The molecule has 0 aromatic carbocycles. The van der Waals surface area contributed by atoms with Crippen molar-refractivity contribution in [3.63, 3.8) is 0 Å². The lowest BCUT2D eigenvalue weighted by Crippen LogP contribution is -2.07. The predicted octanol–water partition coefficient (Wildman–Crippen LogP) is 2.71. The second-order valence-electron chi connectivity index (χ2n) is 5.32. The fraction of sp³-hybridized carbons (Fsp3) is 0.333. The molecule has 0 atom stereocenters. The second-order valence-corrected chi connectivity index (χ2v) is 6.33. The fourth-order valence-electron chi connectivity index (χ4n) is 2.24. The number of carbonyl (C=O) groups is 1. The van der Waals surface area contributed by atoms with Crippen LogP contribution in [-0.2, 0) is 11.3 Å². The van der Waals surface area contributed by atoms with E-state index in [1.165, 1.54) is 24.8 Å². The molecule has 0 bridgehead atoms. The number of esters is 1. The molecule has 3 aromatic rings. The first-order valence-corrected chi connectivity index (χ1v) is 7.99. The average Bonchev–Trinajstić information content (AvgIpc) is 3.13. The summed E-state index contributed by atoms with van der Waals surface area (Å²) in [6, 6.07) is 0. The van der Waals surface area contributed by atoms with Crippen molar-refractivity contribution in [3.05, 3.63) is 41.1 Å². The van der Waals surface area contributed by atoms with Crippen molar-refractivity contribution in [1.82, 2.24) is 19.4 Å². The van der Waals surface area contributed by atoms with E-state index < -0.39 is 0 Å². The van der Waals surface area contributed by atoms with Gasteiger partial charge in [0.25, 0.3) is 0 Å². The van der Waals surface area contributed by atoms with Gasteiger partial charge in [0.05, 0.1) is 25.5 Å². The van der Waals surface area contributed by atoms with Crippen LogP contribution in [0, 0.1) is 0 Å². The van der Waals surface area contributed by atoms with Crippen molar-refractivity contribution >= 4 is 28.1 Å². The Morgan fingerprint density at radius 1 is 1.39 bits per heavy atom. The lowest BCUT2D eigenvalue weighted by molar-refractivity contribution is 0.0606. The zero-order valence-corrected chi connectivity index (χ0v) is 13.9. The van der Waals surface area contributed by atoms with Gasteiger partial charge in [-0.2, -0.15) is 0 Å². The van der Waals surface area contributed by atoms with Crippen molar-refractivity contribution in [3.8, 4) is 0 Å². The van der Waals surface area contributed by atoms with Gasteiger partial charge in [-0.3, -0.25) is 4.40 Å². The van der Waals surface area contributed by atoms with Crippen LogP contribution in [0.3, 0.4) is 0 Å². The van der Waals surface area contributed by atoms with Gasteiger partial charge in [-0.1, -0.05) is 25.2 Å². The molecule has 0 aliphatic rings.